The second-order valence-corrected chi connectivity index (χ2v) is 3.87. The van der Waals surface area contributed by atoms with E-state index in [0.717, 1.165) is 28.8 Å². The largest absolute Gasteiger partial charge is 0.294 e. The monoisotopic (exact) mass is 238 g/mol. The zero-order chi connectivity index (χ0) is 9.26. The Kier molecular flexibility index (Phi) is 2.36. The standard InChI is InChI=1S/C10H11BrN2/c1-2-4-8-7-13-9(11)5-3-6-10(13)12-8/h3,5-7H,2,4H2,1H3. The Labute approximate surface area is 85.7 Å². The van der Waals surface area contributed by atoms with Crippen LogP contribution in [0.5, 0.6) is 0 Å². The zero-order valence-electron chi connectivity index (χ0n) is 7.50. The van der Waals surface area contributed by atoms with Crippen molar-refractivity contribution in [1.29, 1.82) is 0 Å². The van der Waals surface area contributed by atoms with Crippen LogP contribution in [0.3, 0.4) is 0 Å². The quantitative estimate of drug-likeness (QED) is 0.736. The van der Waals surface area contributed by atoms with Gasteiger partial charge in [0.2, 0.25) is 0 Å². The van der Waals surface area contributed by atoms with Crippen molar-refractivity contribution in [3.8, 4) is 0 Å². The number of pyridine rings is 1. The van der Waals surface area contributed by atoms with Crippen LogP contribution >= 0.6 is 15.9 Å². The van der Waals surface area contributed by atoms with Crippen LogP contribution in [-0.4, -0.2) is 9.38 Å². The third kappa shape index (κ3) is 1.61. The minimum atomic E-state index is 1.01. The molecule has 0 saturated heterocycles. The summed E-state index contributed by atoms with van der Waals surface area (Å²) in [6, 6.07) is 6.04. The second kappa shape index (κ2) is 3.50. The molecule has 0 unspecified atom stereocenters. The SMILES string of the molecule is CCCc1cn2c(Br)cccc2n1. The van der Waals surface area contributed by atoms with Crippen LogP contribution in [0.2, 0.25) is 0 Å². The second-order valence-electron chi connectivity index (χ2n) is 3.06. The number of fused-ring (bicyclic) bond motifs is 1. The molecular formula is C10H11BrN2. The summed E-state index contributed by atoms with van der Waals surface area (Å²) in [7, 11) is 0. The van der Waals surface area contributed by atoms with Gasteiger partial charge in [-0.15, -0.1) is 0 Å². The van der Waals surface area contributed by atoms with Crippen molar-refractivity contribution in [3.63, 3.8) is 0 Å². The normalized spacial score (nSPS) is 10.9. The number of aryl methyl sites for hydroxylation is 1. The molecule has 2 aromatic heterocycles. The lowest BCUT2D eigenvalue weighted by atomic mass is 10.3. The highest BCUT2D eigenvalue weighted by atomic mass is 79.9. The molecule has 68 valence electrons. The van der Waals surface area contributed by atoms with E-state index < -0.39 is 0 Å². The molecule has 2 rings (SSSR count). The number of rotatable bonds is 2. The van der Waals surface area contributed by atoms with Gasteiger partial charge in [-0.05, 0) is 34.5 Å². The maximum Gasteiger partial charge on any atom is 0.137 e. The van der Waals surface area contributed by atoms with Gasteiger partial charge in [0.05, 0.1) is 10.3 Å². The summed E-state index contributed by atoms with van der Waals surface area (Å²) in [6.45, 7) is 2.17. The average Bonchev–Trinajstić information content (AvgIpc) is 2.49. The van der Waals surface area contributed by atoms with Crippen molar-refractivity contribution in [2.24, 2.45) is 0 Å². The number of hydrogen-bond donors (Lipinski definition) is 0. The van der Waals surface area contributed by atoms with Gasteiger partial charge in [-0.25, -0.2) is 4.98 Å². The number of aromatic nitrogens is 2. The smallest absolute Gasteiger partial charge is 0.137 e. The first-order valence-corrected chi connectivity index (χ1v) is 5.23. The van der Waals surface area contributed by atoms with Gasteiger partial charge in [-0.2, -0.15) is 0 Å². The van der Waals surface area contributed by atoms with E-state index >= 15 is 0 Å². The van der Waals surface area contributed by atoms with Crippen molar-refractivity contribution in [2.75, 3.05) is 0 Å². The van der Waals surface area contributed by atoms with Crippen LogP contribution in [0, 0.1) is 0 Å². The van der Waals surface area contributed by atoms with Crippen LogP contribution in [0.15, 0.2) is 29.0 Å². The van der Waals surface area contributed by atoms with Gasteiger partial charge in [-0.3, -0.25) is 4.40 Å². The van der Waals surface area contributed by atoms with Gasteiger partial charge >= 0.3 is 0 Å². The minimum Gasteiger partial charge on any atom is -0.294 e. The predicted octanol–water partition coefficient (Wildman–Crippen LogP) is 3.05. The first kappa shape index (κ1) is 8.75. The number of nitrogens with zero attached hydrogens (tertiary/aromatic N) is 2. The van der Waals surface area contributed by atoms with Gasteiger partial charge in [0.1, 0.15) is 5.65 Å². The Morgan fingerprint density at radius 2 is 2.31 bits per heavy atom. The number of hydrogen-bond acceptors (Lipinski definition) is 1. The van der Waals surface area contributed by atoms with Crippen LogP contribution in [0.1, 0.15) is 19.0 Å². The maximum atomic E-state index is 4.50. The van der Waals surface area contributed by atoms with Gasteiger partial charge in [0.25, 0.3) is 0 Å². The van der Waals surface area contributed by atoms with Crippen molar-refractivity contribution in [1.82, 2.24) is 9.38 Å². The third-order valence-electron chi connectivity index (χ3n) is 2.00. The Balaban J connectivity index is 2.55. The molecule has 0 aliphatic rings. The third-order valence-corrected chi connectivity index (χ3v) is 2.64. The Morgan fingerprint density at radius 3 is 3.00 bits per heavy atom. The van der Waals surface area contributed by atoms with E-state index in [1.54, 1.807) is 0 Å². The molecule has 2 aromatic rings. The van der Waals surface area contributed by atoms with Crippen LogP contribution in [0.25, 0.3) is 5.65 Å². The molecule has 0 fully saturated rings. The highest BCUT2D eigenvalue weighted by Crippen LogP contribution is 2.14. The van der Waals surface area contributed by atoms with E-state index in [0.29, 0.717) is 0 Å². The summed E-state index contributed by atoms with van der Waals surface area (Å²) in [5.41, 5.74) is 2.17. The van der Waals surface area contributed by atoms with Crippen molar-refractivity contribution < 1.29 is 0 Å². The minimum absolute atomic E-state index is 1.01. The molecule has 0 aliphatic heterocycles. The van der Waals surface area contributed by atoms with Crippen LogP contribution in [-0.2, 0) is 6.42 Å². The highest BCUT2D eigenvalue weighted by molar-refractivity contribution is 9.10. The Hall–Kier alpha value is -0.830. The maximum absolute atomic E-state index is 4.50. The zero-order valence-corrected chi connectivity index (χ0v) is 9.08. The van der Waals surface area contributed by atoms with E-state index in [1.807, 2.05) is 18.2 Å². The molecule has 0 aromatic carbocycles. The molecule has 2 heterocycles. The Morgan fingerprint density at radius 1 is 1.46 bits per heavy atom. The molecule has 0 N–H and O–H groups in total. The molecule has 0 bridgehead atoms. The van der Waals surface area contributed by atoms with Crippen LogP contribution < -0.4 is 0 Å². The first-order valence-electron chi connectivity index (χ1n) is 4.43. The first-order chi connectivity index (χ1) is 6.31. The number of halogens is 1. The molecule has 0 saturated carbocycles. The van der Waals surface area contributed by atoms with E-state index in [4.69, 9.17) is 0 Å². The van der Waals surface area contributed by atoms with E-state index in [2.05, 4.69) is 38.4 Å². The summed E-state index contributed by atoms with van der Waals surface area (Å²) in [5.74, 6) is 0. The fraction of sp³-hybridized carbons (Fsp3) is 0.300. The summed E-state index contributed by atoms with van der Waals surface area (Å²) >= 11 is 3.48. The van der Waals surface area contributed by atoms with Gasteiger partial charge in [-0.1, -0.05) is 19.4 Å². The van der Waals surface area contributed by atoms with E-state index in [1.165, 1.54) is 0 Å². The van der Waals surface area contributed by atoms with Crippen molar-refractivity contribution in [2.45, 2.75) is 19.8 Å². The fourth-order valence-corrected chi connectivity index (χ4v) is 1.84. The summed E-state index contributed by atoms with van der Waals surface area (Å²) < 4.78 is 3.12. The van der Waals surface area contributed by atoms with Gasteiger partial charge < -0.3 is 0 Å². The number of imidazole rings is 1. The van der Waals surface area contributed by atoms with Crippen LogP contribution in [0.4, 0.5) is 0 Å². The summed E-state index contributed by atoms with van der Waals surface area (Å²) in [4.78, 5) is 4.50. The summed E-state index contributed by atoms with van der Waals surface area (Å²) in [5, 5.41) is 0. The molecule has 0 radical (unpaired) electrons. The lowest BCUT2D eigenvalue weighted by Gasteiger charge is -1.93. The van der Waals surface area contributed by atoms with Crippen molar-refractivity contribution >= 4 is 21.6 Å². The van der Waals surface area contributed by atoms with Gasteiger partial charge in [0, 0.05) is 6.20 Å². The molecule has 13 heavy (non-hydrogen) atoms. The average molecular weight is 239 g/mol. The topological polar surface area (TPSA) is 17.3 Å². The lowest BCUT2D eigenvalue weighted by Crippen LogP contribution is -1.82. The van der Waals surface area contributed by atoms with E-state index in [-0.39, 0.29) is 0 Å². The molecule has 0 amide bonds. The van der Waals surface area contributed by atoms with Crippen molar-refractivity contribution in [3.05, 3.63) is 34.7 Å². The molecule has 0 spiro atoms. The molecule has 0 atom stereocenters. The lowest BCUT2D eigenvalue weighted by molar-refractivity contribution is 0.893. The highest BCUT2D eigenvalue weighted by Gasteiger charge is 2.01. The fourth-order valence-electron chi connectivity index (χ4n) is 1.40. The predicted molar refractivity (Wildman–Crippen MR) is 56.9 cm³/mol. The van der Waals surface area contributed by atoms with Gasteiger partial charge in [0.15, 0.2) is 0 Å². The molecule has 3 heteroatoms. The Bertz CT molecular complexity index is 420. The summed E-state index contributed by atoms with van der Waals surface area (Å²) in [6.07, 6.45) is 4.28. The molecule has 0 aliphatic carbocycles. The molecule has 2 nitrogen and oxygen atoms in total. The van der Waals surface area contributed by atoms with E-state index in [9.17, 15) is 0 Å². The molecular weight excluding hydrogens is 228 g/mol.